The summed E-state index contributed by atoms with van der Waals surface area (Å²) in [5, 5.41) is 13.7. The fraction of sp³-hybridized carbons (Fsp3) is 0.562. The molecule has 6 heteroatoms. The van der Waals surface area contributed by atoms with Crippen molar-refractivity contribution in [1.29, 1.82) is 0 Å². The Bertz CT molecular complexity index is 626. The van der Waals surface area contributed by atoms with Gasteiger partial charge in [0.2, 0.25) is 11.7 Å². The van der Waals surface area contributed by atoms with Gasteiger partial charge in [0.05, 0.1) is 5.92 Å². The van der Waals surface area contributed by atoms with Crippen LogP contribution in [0.25, 0.3) is 11.4 Å². The molecule has 2 aromatic heterocycles. The third kappa shape index (κ3) is 2.76. The SMILES string of the molecule is OC[C@@H]1CN(CC2CC2)C[C@H]1c1nc(-c2cccnc2)no1. The number of likely N-dealkylation sites (tertiary alicyclic amines) is 1. The van der Waals surface area contributed by atoms with Gasteiger partial charge in [-0.25, -0.2) is 0 Å². The van der Waals surface area contributed by atoms with Crippen molar-refractivity contribution in [3.63, 3.8) is 0 Å². The maximum atomic E-state index is 9.66. The summed E-state index contributed by atoms with van der Waals surface area (Å²) in [6.07, 6.45) is 6.14. The summed E-state index contributed by atoms with van der Waals surface area (Å²) in [6, 6.07) is 3.77. The first-order valence-corrected chi connectivity index (χ1v) is 7.90. The molecule has 0 unspecified atom stereocenters. The van der Waals surface area contributed by atoms with Crippen molar-refractivity contribution >= 4 is 0 Å². The van der Waals surface area contributed by atoms with Crippen LogP contribution >= 0.6 is 0 Å². The van der Waals surface area contributed by atoms with Crippen LogP contribution < -0.4 is 0 Å². The Kier molecular flexibility index (Phi) is 3.63. The molecule has 1 saturated heterocycles. The lowest BCUT2D eigenvalue weighted by Crippen LogP contribution is -2.23. The fourth-order valence-corrected chi connectivity index (χ4v) is 3.24. The third-order valence-corrected chi connectivity index (χ3v) is 4.64. The highest BCUT2D eigenvalue weighted by atomic mass is 16.5. The molecule has 2 fully saturated rings. The maximum Gasteiger partial charge on any atom is 0.231 e. The molecule has 6 nitrogen and oxygen atoms in total. The molecule has 0 bridgehead atoms. The topological polar surface area (TPSA) is 75.3 Å². The molecule has 1 saturated carbocycles. The zero-order valence-electron chi connectivity index (χ0n) is 12.4. The molecule has 0 radical (unpaired) electrons. The molecule has 116 valence electrons. The zero-order chi connectivity index (χ0) is 14.9. The summed E-state index contributed by atoms with van der Waals surface area (Å²) in [5.41, 5.74) is 0.853. The summed E-state index contributed by atoms with van der Waals surface area (Å²) >= 11 is 0. The normalized spacial score (nSPS) is 25.7. The van der Waals surface area contributed by atoms with E-state index < -0.39 is 0 Å². The molecule has 0 aromatic carbocycles. The molecule has 2 aromatic rings. The van der Waals surface area contributed by atoms with Crippen LogP contribution in [0.3, 0.4) is 0 Å². The van der Waals surface area contributed by atoms with Crippen molar-refractivity contribution in [1.82, 2.24) is 20.0 Å². The molecule has 2 atom stereocenters. The lowest BCUT2D eigenvalue weighted by atomic mass is 9.97. The van der Waals surface area contributed by atoms with Gasteiger partial charge in [-0.3, -0.25) is 4.98 Å². The highest BCUT2D eigenvalue weighted by molar-refractivity contribution is 5.51. The third-order valence-electron chi connectivity index (χ3n) is 4.64. The highest BCUT2D eigenvalue weighted by Crippen LogP contribution is 2.36. The van der Waals surface area contributed by atoms with Crippen LogP contribution in [0.4, 0.5) is 0 Å². The fourth-order valence-electron chi connectivity index (χ4n) is 3.24. The second kappa shape index (κ2) is 5.78. The second-order valence-electron chi connectivity index (χ2n) is 6.41. The van der Waals surface area contributed by atoms with E-state index in [0.29, 0.717) is 11.7 Å². The zero-order valence-corrected chi connectivity index (χ0v) is 12.4. The Morgan fingerprint density at radius 2 is 2.23 bits per heavy atom. The van der Waals surface area contributed by atoms with Gasteiger partial charge >= 0.3 is 0 Å². The van der Waals surface area contributed by atoms with Crippen molar-refractivity contribution in [3.8, 4) is 11.4 Å². The number of aromatic nitrogens is 3. The summed E-state index contributed by atoms with van der Waals surface area (Å²) in [6.45, 7) is 3.12. The number of hydrogen-bond acceptors (Lipinski definition) is 6. The smallest absolute Gasteiger partial charge is 0.231 e. The molecule has 1 aliphatic heterocycles. The van der Waals surface area contributed by atoms with Crippen molar-refractivity contribution in [2.24, 2.45) is 11.8 Å². The van der Waals surface area contributed by atoms with E-state index in [-0.39, 0.29) is 18.4 Å². The van der Waals surface area contributed by atoms with E-state index >= 15 is 0 Å². The molecule has 22 heavy (non-hydrogen) atoms. The van der Waals surface area contributed by atoms with E-state index in [0.717, 1.165) is 31.1 Å². The van der Waals surface area contributed by atoms with Gasteiger partial charge in [-0.05, 0) is 30.9 Å². The first-order chi connectivity index (χ1) is 10.8. The Labute approximate surface area is 129 Å². The van der Waals surface area contributed by atoms with Gasteiger partial charge in [-0.2, -0.15) is 4.98 Å². The van der Waals surface area contributed by atoms with Gasteiger partial charge in [0.25, 0.3) is 0 Å². The Hall–Kier alpha value is -1.79. The van der Waals surface area contributed by atoms with Crippen LogP contribution in [0.5, 0.6) is 0 Å². The van der Waals surface area contributed by atoms with Gasteiger partial charge in [0.1, 0.15) is 0 Å². The summed E-state index contributed by atoms with van der Waals surface area (Å²) in [4.78, 5) is 11.0. The van der Waals surface area contributed by atoms with Crippen LogP contribution in [0.1, 0.15) is 24.7 Å². The molecule has 1 N–H and O–H groups in total. The molecular weight excluding hydrogens is 280 g/mol. The lowest BCUT2D eigenvalue weighted by Gasteiger charge is -2.13. The molecular formula is C16H20N4O2. The predicted octanol–water partition coefficient (Wildman–Crippen LogP) is 1.55. The molecule has 3 heterocycles. The minimum atomic E-state index is 0.127. The van der Waals surface area contributed by atoms with Gasteiger partial charge in [0.15, 0.2) is 0 Å². The second-order valence-corrected chi connectivity index (χ2v) is 6.41. The number of hydrogen-bond donors (Lipinski definition) is 1. The predicted molar refractivity (Wildman–Crippen MR) is 80.0 cm³/mol. The average Bonchev–Trinajstić information content (AvgIpc) is 3.09. The quantitative estimate of drug-likeness (QED) is 0.903. The Morgan fingerprint density at radius 3 is 2.95 bits per heavy atom. The number of nitrogens with zero attached hydrogens (tertiary/aromatic N) is 4. The van der Waals surface area contributed by atoms with E-state index in [1.54, 1.807) is 12.4 Å². The maximum absolute atomic E-state index is 9.66. The van der Waals surface area contributed by atoms with Gasteiger partial charge < -0.3 is 14.5 Å². The summed E-state index contributed by atoms with van der Waals surface area (Å²) in [5.74, 6) is 2.37. The van der Waals surface area contributed by atoms with Gasteiger partial charge in [-0.15, -0.1) is 0 Å². The molecule has 0 amide bonds. The van der Waals surface area contributed by atoms with Crippen LogP contribution in [-0.4, -0.2) is 51.4 Å². The van der Waals surface area contributed by atoms with E-state index in [1.165, 1.54) is 12.8 Å². The first-order valence-electron chi connectivity index (χ1n) is 7.90. The number of aliphatic hydroxyl groups is 1. The van der Waals surface area contributed by atoms with Gasteiger partial charge in [0, 0.05) is 50.1 Å². The van der Waals surface area contributed by atoms with E-state index in [9.17, 15) is 5.11 Å². The molecule has 4 rings (SSSR count). The van der Waals surface area contributed by atoms with Crippen LogP contribution in [-0.2, 0) is 0 Å². The van der Waals surface area contributed by atoms with E-state index in [4.69, 9.17) is 4.52 Å². The average molecular weight is 300 g/mol. The monoisotopic (exact) mass is 300 g/mol. The number of pyridine rings is 1. The van der Waals surface area contributed by atoms with Crippen molar-refractivity contribution in [3.05, 3.63) is 30.4 Å². The van der Waals surface area contributed by atoms with Crippen molar-refractivity contribution < 1.29 is 9.63 Å². The molecule has 1 aliphatic carbocycles. The minimum Gasteiger partial charge on any atom is -0.396 e. The Balaban J connectivity index is 1.52. The van der Waals surface area contributed by atoms with Crippen LogP contribution in [0.2, 0.25) is 0 Å². The number of rotatable bonds is 5. The number of aliphatic hydroxyl groups excluding tert-OH is 1. The lowest BCUT2D eigenvalue weighted by molar-refractivity contribution is 0.205. The first kappa shape index (κ1) is 13.8. The largest absolute Gasteiger partial charge is 0.396 e. The Morgan fingerprint density at radius 1 is 1.32 bits per heavy atom. The molecule has 0 spiro atoms. The van der Waals surface area contributed by atoms with Gasteiger partial charge in [-0.1, -0.05) is 5.16 Å². The standard InChI is InChI=1S/C16H20N4O2/c21-10-13-8-20(7-11-3-4-11)9-14(13)16-18-15(19-22-16)12-2-1-5-17-6-12/h1-2,5-6,11,13-14,21H,3-4,7-10H2/t13-,14+/m0/s1. The van der Waals surface area contributed by atoms with Crippen LogP contribution in [0, 0.1) is 11.8 Å². The van der Waals surface area contributed by atoms with Crippen molar-refractivity contribution in [2.75, 3.05) is 26.2 Å². The summed E-state index contributed by atoms with van der Waals surface area (Å²) < 4.78 is 5.48. The van der Waals surface area contributed by atoms with E-state index in [1.807, 2.05) is 12.1 Å². The van der Waals surface area contributed by atoms with E-state index in [2.05, 4.69) is 20.0 Å². The summed E-state index contributed by atoms with van der Waals surface area (Å²) in [7, 11) is 0. The van der Waals surface area contributed by atoms with Crippen LogP contribution in [0.15, 0.2) is 29.0 Å². The minimum absolute atomic E-state index is 0.127. The highest BCUT2D eigenvalue weighted by Gasteiger charge is 2.38. The van der Waals surface area contributed by atoms with Crippen molar-refractivity contribution in [2.45, 2.75) is 18.8 Å². The molecule has 2 aliphatic rings.